The lowest BCUT2D eigenvalue weighted by Gasteiger charge is -2.13. The van der Waals surface area contributed by atoms with Crippen molar-refractivity contribution in [1.82, 2.24) is 19.7 Å². The van der Waals surface area contributed by atoms with Crippen molar-refractivity contribution in [2.45, 2.75) is 26.1 Å². The molecule has 104 valence electrons. The summed E-state index contributed by atoms with van der Waals surface area (Å²) in [6.07, 6.45) is 6.02. The third-order valence-corrected chi connectivity index (χ3v) is 3.64. The number of nitrogens with zero attached hydrogens (tertiary/aromatic N) is 3. The zero-order valence-corrected chi connectivity index (χ0v) is 12.0. The largest absolute Gasteiger partial charge is 0.350 e. The zero-order chi connectivity index (χ0) is 13.9. The fourth-order valence-corrected chi connectivity index (χ4v) is 2.60. The molecule has 0 fully saturated rings. The van der Waals surface area contributed by atoms with Gasteiger partial charge in [0, 0.05) is 49.1 Å². The maximum atomic E-state index is 4.24. The first-order valence-electron chi connectivity index (χ1n) is 6.98. The van der Waals surface area contributed by atoms with Crippen LogP contribution in [0, 0.1) is 0 Å². The Balaban J connectivity index is 1.68. The standard InChI is InChI=1S/C16H20N4/c1-13(11-20-9-5-8-18-20)17-10-14-12-19(2)16-7-4-3-6-15(14)16/h3-9,12-13,17H,10-11H2,1-2H3. The van der Waals surface area contributed by atoms with Crippen LogP contribution < -0.4 is 5.32 Å². The summed E-state index contributed by atoms with van der Waals surface area (Å²) in [6, 6.07) is 10.9. The molecule has 0 saturated carbocycles. The van der Waals surface area contributed by atoms with Gasteiger partial charge < -0.3 is 9.88 Å². The van der Waals surface area contributed by atoms with Crippen LogP contribution in [0.25, 0.3) is 10.9 Å². The van der Waals surface area contributed by atoms with Crippen LogP contribution in [0.5, 0.6) is 0 Å². The molecule has 1 aromatic carbocycles. The molecule has 0 radical (unpaired) electrons. The van der Waals surface area contributed by atoms with Crippen molar-refractivity contribution in [2.75, 3.05) is 0 Å². The van der Waals surface area contributed by atoms with Crippen molar-refractivity contribution in [2.24, 2.45) is 7.05 Å². The van der Waals surface area contributed by atoms with Crippen LogP contribution in [-0.2, 0) is 20.1 Å². The van der Waals surface area contributed by atoms with Gasteiger partial charge in [0.2, 0.25) is 0 Å². The number of hydrogen-bond donors (Lipinski definition) is 1. The minimum absolute atomic E-state index is 0.383. The highest BCUT2D eigenvalue weighted by atomic mass is 15.3. The van der Waals surface area contributed by atoms with Gasteiger partial charge in [0.25, 0.3) is 0 Å². The van der Waals surface area contributed by atoms with E-state index in [1.807, 2.05) is 23.1 Å². The SMILES string of the molecule is CC(Cn1cccn1)NCc1cn(C)c2ccccc12. The van der Waals surface area contributed by atoms with E-state index in [9.17, 15) is 0 Å². The highest BCUT2D eigenvalue weighted by Crippen LogP contribution is 2.20. The van der Waals surface area contributed by atoms with Gasteiger partial charge in [-0.2, -0.15) is 5.10 Å². The van der Waals surface area contributed by atoms with E-state index in [4.69, 9.17) is 0 Å². The van der Waals surface area contributed by atoms with Gasteiger partial charge in [0.15, 0.2) is 0 Å². The Hall–Kier alpha value is -2.07. The lowest BCUT2D eigenvalue weighted by Crippen LogP contribution is -2.30. The van der Waals surface area contributed by atoms with Crippen molar-refractivity contribution >= 4 is 10.9 Å². The van der Waals surface area contributed by atoms with Gasteiger partial charge in [0.1, 0.15) is 0 Å². The van der Waals surface area contributed by atoms with E-state index in [2.05, 4.69) is 59.4 Å². The summed E-state index contributed by atoms with van der Waals surface area (Å²) in [4.78, 5) is 0. The molecule has 0 bridgehead atoms. The van der Waals surface area contributed by atoms with Crippen molar-refractivity contribution in [3.05, 3.63) is 54.5 Å². The van der Waals surface area contributed by atoms with E-state index in [-0.39, 0.29) is 0 Å². The van der Waals surface area contributed by atoms with Crippen LogP contribution in [-0.4, -0.2) is 20.4 Å². The zero-order valence-electron chi connectivity index (χ0n) is 12.0. The van der Waals surface area contributed by atoms with Gasteiger partial charge in [-0.25, -0.2) is 0 Å². The second-order valence-electron chi connectivity index (χ2n) is 5.29. The lowest BCUT2D eigenvalue weighted by atomic mass is 10.1. The van der Waals surface area contributed by atoms with Gasteiger partial charge in [-0.1, -0.05) is 18.2 Å². The summed E-state index contributed by atoms with van der Waals surface area (Å²) < 4.78 is 4.14. The fourth-order valence-electron chi connectivity index (χ4n) is 2.60. The predicted octanol–water partition coefficient (Wildman–Crippen LogP) is 2.55. The highest BCUT2D eigenvalue weighted by molar-refractivity contribution is 5.83. The summed E-state index contributed by atoms with van der Waals surface area (Å²) in [6.45, 7) is 3.95. The first kappa shape index (κ1) is 12.9. The van der Waals surface area contributed by atoms with E-state index in [0.29, 0.717) is 6.04 Å². The Bertz CT molecular complexity index is 682. The van der Waals surface area contributed by atoms with E-state index in [1.165, 1.54) is 16.5 Å². The molecule has 4 nitrogen and oxygen atoms in total. The summed E-state index contributed by atoms with van der Waals surface area (Å²) in [5.74, 6) is 0. The van der Waals surface area contributed by atoms with Crippen molar-refractivity contribution in [3.8, 4) is 0 Å². The number of hydrogen-bond acceptors (Lipinski definition) is 2. The summed E-state index contributed by atoms with van der Waals surface area (Å²) in [7, 11) is 2.10. The summed E-state index contributed by atoms with van der Waals surface area (Å²) in [5, 5.41) is 9.13. The molecular weight excluding hydrogens is 248 g/mol. The molecule has 4 heteroatoms. The number of aryl methyl sites for hydroxylation is 1. The maximum Gasteiger partial charge on any atom is 0.0560 e. The van der Waals surface area contributed by atoms with Crippen LogP contribution in [0.15, 0.2) is 48.9 Å². The third-order valence-electron chi connectivity index (χ3n) is 3.64. The normalized spacial score (nSPS) is 12.9. The molecule has 20 heavy (non-hydrogen) atoms. The van der Waals surface area contributed by atoms with Gasteiger partial charge in [-0.3, -0.25) is 4.68 Å². The topological polar surface area (TPSA) is 34.8 Å². The first-order chi connectivity index (χ1) is 9.74. The second-order valence-corrected chi connectivity index (χ2v) is 5.29. The van der Waals surface area contributed by atoms with Gasteiger partial charge >= 0.3 is 0 Å². The monoisotopic (exact) mass is 268 g/mol. The van der Waals surface area contributed by atoms with Crippen molar-refractivity contribution < 1.29 is 0 Å². The molecule has 0 aliphatic heterocycles. The number of para-hydroxylation sites is 1. The lowest BCUT2D eigenvalue weighted by molar-refractivity contribution is 0.451. The fraction of sp³-hybridized carbons (Fsp3) is 0.312. The van der Waals surface area contributed by atoms with Gasteiger partial charge in [-0.15, -0.1) is 0 Å². The third kappa shape index (κ3) is 2.60. The minimum atomic E-state index is 0.383. The molecule has 1 atom stereocenters. The molecule has 0 amide bonds. The van der Waals surface area contributed by atoms with Crippen molar-refractivity contribution in [1.29, 1.82) is 0 Å². The number of nitrogens with one attached hydrogen (secondary N) is 1. The van der Waals surface area contributed by atoms with Crippen LogP contribution in [0.1, 0.15) is 12.5 Å². The molecule has 0 aliphatic carbocycles. The minimum Gasteiger partial charge on any atom is -0.350 e. The van der Waals surface area contributed by atoms with E-state index < -0.39 is 0 Å². The predicted molar refractivity (Wildman–Crippen MR) is 81.4 cm³/mol. The molecule has 0 aliphatic rings. The molecule has 3 rings (SSSR count). The van der Waals surface area contributed by atoms with Crippen LogP contribution in [0.4, 0.5) is 0 Å². The van der Waals surface area contributed by atoms with Gasteiger partial charge in [0.05, 0.1) is 6.54 Å². The molecule has 0 spiro atoms. The molecule has 1 unspecified atom stereocenters. The molecule has 2 heterocycles. The maximum absolute atomic E-state index is 4.24. The van der Waals surface area contributed by atoms with E-state index >= 15 is 0 Å². The molecule has 2 aromatic heterocycles. The highest BCUT2D eigenvalue weighted by Gasteiger charge is 2.08. The Kier molecular flexibility index (Phi) is 3.56. The van der Waals surface area contributed by atoms with Gasteiger partial charge in [-0.05, 0) is 24.6 Å². The average Bonchev–Trinajstić information content (AvgIpc) is 3.06. The van der Waals surface area contributed by atoms with E-state index in [1.54, 1.807) is 0 Å². The Morgan fingerprint density at radius 1 is 1.25 bits per heavy atom. The molecule has 1 N–H and O–H groups in total. The van der Waals surface area contributed by atoms with E-state index in [0.717, 1.165) is 13.1 Å². The van der Waals surface area contributed by atoms with Crippen LogP contribution in [0.2, 0.25) is 0 Å². The Morgan fingerprint density at radius 2 is 2.10 bits per heavy atom. The smallest absolute Gasteiger partial charge is 0.0560 e. The summed E-state index contributed by atoms with van der Waals surface area (Å²) >= 11 is 0. The first-order valence-corrected chi connectivity index (χ1v) is 6.98. The molecule has 3 aromatic rings. The van der Waals surface area contributed by atoms with Crippen molar-refractivity contribution in [3.63, 3.8) is 0 Å². The number of benzene rings is 1. The molecular formula is C16H20N4. The molecule has 0 saturated heterocycles. The Labute approximate surface area is 119 Å². The van der Waals surface area contributed by atoms with Crippen LogP contribution >= 0.6 is 0 Å². The Morgan fingerprint density at radius 3 is 2.90 bits per heavy atom. The summed E-state index contributed by atoms with van der Waals surface area (Å²) in [5.41, 5.74) is 2.62. The van der Waals surface area contributed by atoms with Crippen LogP contribution in [0.3, 0.4) is 0 Å². The number of aromatic nitrogens is 3. The second kappa shape index (κ2) is 5.51. The quantitative estimate of drug-likeness (QED) is 0.771. The number of rotatable bonds is 5. The number of fused-ring (bicyclic) bond motifs is 1. The average molecular weight is 268 g/mol.